The molecule has 0 saturated heterocycles. The largest absolute Gasteiger partial charge is 0.467 e. The number of nitrogens with one attached hydrogen (secondary N) is 2. The number of nitrogens with two attached hydrogens (primary N) is 1. The summed E-state index contributed by atoms with van der Waals surface area (Å²) >= 11 is 1.61. The highest BCUT2D eigenvalue weighted by atomic mass is 32.2. The van der Waals surface area contributed by atoms with Crippen LogP contribution in [0, 0.1) is 5.92 Å². The van der Waals surface area contributed by atoms with Crippen LogP contribution in [0.1, 0.15) is 32.3 Å². The molecule has 8 heteroatoms. The number of amides is 2. The molecule has 1 aromatic rings. The number of esters is 1. The normalized spacial score (nSPS) is 14.0. The Balaban J connectivity index is 2.86. The van der Waals surface area contributed by atoms with E-state index in [1.165, 1.54) is 7.11 Å². The topological polar surface area (TPSA) is 111 Å². The molecule has 3 atom stereocenters. The van der Waals surface area contributed by atoms with Gasteiger partial charge in [-0.1, -0.05) is 44.2 Å². The van der Waals surface area contributed by atoms with Gasteiger partial charge in [-0.3, -0.25) is 9.59 Å². The van der Waals surface area contributed by atoms with Crippen LogP contribution in [-0.4, -0.2) is 55.0 Å². The van der Waals surface area contributed by atoms with Crippen LogP contribution >= 0.6 is 11.8 Å². The maximum atomic E-state index is 12.9. The number of benzene rings is 1. The minimum absolute atomic E-state index is 0.166. The molecule has 0 unspecified atom stereocenters. The van der Waals surface area contributed by atoms with Crippen LogP contribution in [0.5, 0.6) is 0 Å². The molecule has 0 bridgehead atoms. The van der Waals surface area contributed by atoms with Crippen LogP contribution in [0.4, 0.5) is 0 Å². The Labute approximate surface area is 177 Å². The molecule has 162 valence electrons. The van der Waals surface area contributed by atoms with Crippen molar-refractivity contribution >= 4 is 29.5 Å². The number of ether oxygens (including phenoxy) is 1. The summed E-state index contributed by atoms with van der Waals surface area (Å²) in [6, 6.07) is 7.07. The fourth-order valence-electron chi connectivity index (χ4n) is 2.82. The van der Waals surface area contributed by atoms with Gasteiger partial charge in [0, 0.05) is 6.42 Å². The molecule has 4 N–H and O–H groups in total. The van der Waals surface area contributed by atoms with E-state index in [0.29, 0.717) is 19.3 Å². The molecular formula is C21H33N3O4S. The van der Waals surface area contributed by atoms with Crippen molar-refractivity contribution in [2.24, 2.45) is 11.7 Å². The third kappa shape index (κ3) is 9.32. The molecule has 0 fully saturated rings. The van der Waals surface area contributed by atoms with E-state index >= 15 is 0 Å². The molecule has 1 aromatic carbocycles. The molecule has 0 saturated carbocycles. The lowest BCUT2D eigenvalue weighted by atomic mass is 10.0. The van der Waals surface area contributed by atoms with Crippen molar-refractivity contribution in [3.63, 3.8) is 0 Å². The average Bonchev–Trinajstić information content (AvgIpc) is 2.70. The van der Waals surface area contributed by atoms with Crippen LogP contribution in [0.3, 0.4) is 0 Å². The number of carbonyl (C=O) groups is 3. The van der Waals surface area contributed by atoms with Gasteiger partial charge in [-0.15, -0.1) is 0 Å². The van der Waals surface area contributed by atoms with E-state index in [4.69, 9.17) is 10.5 Å². The Morgan fingerprint density at radius 3 is 2.24 bits per heavy atom. The molecule has 0 spiro atoms. The molecule has 0 aliphatic heterocycles. The highest BCUT2D eigenvalue weighted by molar-refractivity contribution is 7.98. The van der Waals surface area contributed by atoms with E-state index in [0.717, 1.165) is 11.3 Å². The molecular weight excluding hydrogens is 390 g/mol. The zero-order chi connectivity index (χ0) is 21.8. The second-order valence-corrected chi connectivity index (χ2v) is 8.34. The van der Waals surface area contributed by atoms with Crippen molar-refractivity contribution in [1.29, 1.82) is 0 Å². The Kier molecular flexibility index (Phi) is 11.4. The zero-order valence-electron chi connectivity index (χ0n) is 17.6. The van der Waals surface area contributed by atoms with Crippen molar-refractivity contribution < 1.29 is 19.1 Å². The van der Waals surface area contributed by atoms with Crippen LogP contribution < -0.4 is 16.4 Å². The van der Waals surface area contributed by atoms with Crippen molar-refractivity contribution in [2.75, 3.05) is 19.1 Å². The Morgan fingerprint density at radius 1 is 1.07 bits per heavy atom. The average molecular weight is 424 g/mol. The number of hydrogen-bond donors (Lipinski definition) is 3. The van der Waals surface area contributed by atoms with Gasteiger partial charge >= 0.3 is 5.97 Å². The van der Waals surface area contributed by atoms with Crippen LogP contribution in [0.2, 0.25) is 0 Å². The number of rotatable bonds is 12. The fraction of sp³-hybridized carbons (Fsp3) is 0.571. The lowest BCUT2D eigenvalue weighted by molar-refractivity contribution is -0.145. The smallest absolute Gasteiger partial charge is 0.328 e. The lowest BCUT2D eigenvalue weighted by Gasteiger charge is -2.24. The molecule has 0 heterocycles. The summed E-state index contributed by atoms with van der Waals surface area (Å²) in [5, 5.41) is 5.48. The number of carbonyl (C=O) groups excluding carboxylic acids is 3. The molecule has 0 aliphatic carbocycles. The first-order chi connectivity index (χ1) is 13.8. The first kappa shape index (κ1) is 25.0. The van der Waals surface area contributed by atoms with Crippen LogP contribution in [0.15, 0.2) is 30.3 Å². The first-order valence-electron chi connectivity index (χ1n) is 9.75. The predicted molar refractivity (Wildman–Crippen MR) is 116 cm³/mol. The summed E-state index contributed by atoms with van der Waals surface area (Å²) < 4.78 is 4.85. The molecule has 0 aromatic heterocycles. The quantitative estimate of drug-likeness (QED) is 0.440. The zero-order valence-corrected chi connectivity index (χ0v) is 18.5. The summed E-state index contributed by atoms with van der Waals surface area (Å²) in [5.74, 6) is -0.391. The van der Waals surface area contributed by atoms with E-state index in [1.807, 2.05) is 50.4 Å². The molecule has 1 rings (SSSR count). The van der Waals surface area contributed by atoms with Gasteiger partial charge in [0.15, 0.2) is 0 Å². The standard InChI is InChI=1S/C21H33N3O4S/c1-14(2)12-17(23-19(25)16(22)10-11-29-4)20(26)24-18(21(27)28-3)13-15-8-6-5-7-9-15/h5-9,14,16-18H,10-13,22H2,1-4H3,(H,23,25)(H,24,26)/t16-,17+,18-/m1/s1. The summed E-state index contributed by atoms with van der Waals surface area (Å²) in [5.41, 5.74) is 6.82. The van der Waals surface area contributed by atoms with Crippen molar-refractivity contribution in [1.82, 2.24) is 10.6 Å². The van der Waals surface area contributed by atoms with E-state index in [-0.39, 0.29) is 11.8 Å². The molecule has 0 aliphatic rings. The fourth-order valence-corrected chi connectivity index (χ4v) is 3.30. The van der Waals surface area contributed by atoms with Gasteiger partial charge in [0.05, 0.1) is 13.2 Å². The Bertz CT molecular complexity index is 655. The van der Waals surface area contributed by atoms with E-state index < -0.39 is 30.0 Å². The maximum absolute atomic E-state index is 12.9. The third-order valence-corrected chi connectivity index (χ3v) is 5.04. The number of thioether (sulfide) groups is 1. The van der Waals surface area contributed by atoms with Gasteiger partial charge in [0.1, 0.15) is 12.1 Å². The Hall–Kier alpha value is -2.06. The van der Waals surface area contributed by atoms with Gasteiger partial charge in [-0.05, 0) is 36.3 Å². The van der Waals surface area contributed by atoms with Gasteiger partial charge in [-0.2, -0.15) is 11.8 Å². The minimum Gasteiger partial charge on any atom is -0.467 e. The molecule has 29 heavy (non-hydrogen) atoms. The van der Waals surface area contributed by atoms with E-state index in [2.05, 4.69) is 10.6 Å². The molecule has 0 radical (unpaired) electrons. The van der Waals surface area contributed by atoms with Crippen molar-refractivity contribution in [3.05, 3.63) is 35.9 Å². The SMILES string of the molecule is COC(=O)[C@@H](Cc1ccccc1)NC(=O)[C@H](CC(C)C)NC(=O)[C@H](N)CCSC. The van der Waals surface area contributed by atoms with Crippen molar-refractivity contribution in [2.45, 2.75) is 51.2 Å². The highest BCUT2D eigenvalue weighted by Gasteiger charge is 2.29. The monoisotopic (exact) mass is 423 g/mol. The molecule has 2 amide bonds. The van der Waals surface area contributed by atoms with E-state index in [1.54, 1.807) is 11.8 Å². The summed E-state index contributed by atoms with van der Waals surface area (Å²) in [7, 11) is 1.28. The van der Waals surface area contributed by atoms with Gasteiger partial charge < -0.3 is 21.1 Å². The lowest BCUT2D eigenvalue weighted by Crippen LogP contribution is -2.55. The molecule has 7 nitrogen and oxygen atoms in total. The number of hydrogen-bond acceptors (Lipinski definition) is 6. The van der Waals surface area contributed by atoms with Gasteiger partial charge in [0.2, 0.25) is 11.8 Å². The Morgan fingerprint density at radius 2 is 1.69 bits per heavy atom. The van der Waals surface area contributed by atoms with Crippen molar-refractivity contribution in [3.8, 4) is 0 Å². The minimum atomic E-state index is -0.841. The van der Waals surface area contributed by atoms with E-state index in [9.17, 15) is 14.4 Å². The predicted octanol–water partition coefficient (Wildman–Crippen LogP) is 1.50. The second-order valence-electron chi connectivity index (χ2n) is 7.35. The highest BCUT2D eigenvalue weighted by Crippen LogP contribution is 2.09. The summed E-state index contributed by atoms with van der Waals surface area (Å²) in [6.45, 7) is 3.92. The maximum Gasteiger partial charge on any atom is 0.328 e. The van der Waals surface area contributed by atoms with Crippen LogP contribution in [0.25, 0.3) is 0 Å². The van der Waals surface area contributed by atoms with Gasteiger partial charge in [0.25, 0.3) is 0 Å². The second kappa shape index (κ2) is 13.2. The summed E-state index contributed by atoms with van der Waals surface area (Å²) in [6.07, 6.45) is 3.21. The number of methoxy groups -OCH3 is 1. The van der Waals surface area contributed by atoms with Crippen LogP contribution in [-0.2, 0) is 25.5 Å². The van der Waals surface area contributed by atoms with Gasteiger partial charge in [-0.25, -0.2) is 4.79 Å². The third-order valence-electron chi connectivity index (χ3n) is 4.39. The first-order valence-corrected chi connectivity index (χ1v) is 11.1. The summed E-state index contributed by atoms with van der Waals surface area (Å²) in [4.78, 5) is 37.5.